The smallest absolute Gasteiger partial charge is 0.234 e. The number of hydrazone groups is 1. The van der Waals surface area contributed by atoms with E-state index in [2.05, 4.69) is 48.1 Å². The molecule has 5 heteroatoms. The van der Waals surface area contributed by atoms with Crippen molar-refractivity contribution in [3.8, 4) is 0 Å². The van der Waals surface area contributed by atoms with E-state index < -0.39 is 0 Å². The number of rotatable bonds is 9. The van der Waals surface area contributed by atoms with Crippen LogP contribution in [0.25, 0.3) is 11.8 Å². The SMILES string of the molecule is C=C(O)c1ccc(N(C=O)/N=C(C)\C(C)=C\c2ccc(CCc3ccc(N)cc3)cc2)cc1. The van der Waals surface area contributed by atoms with Crippen LogP contribution in [-0.4, -0.2) is 17.2 Å². The largest absolute Gasteiger partial charge is 0.508 e. The van der Waals surface area contributed by atoms with Crippen LogP contribution >= 0.6 is 0 Å². The van der Waals surface area contributed by atoms with Crippen molar-refractivity contribution in [1.29, 1.82) is 0 Å². The number of carbonyl (C=O) groups is 1. The summed E-state index contributed by atoms with van der Waals surface area (Å²) < 4.78 is 0. The molecule has 3 N–H and O–H groups in total. The second-order valence-corrected chi connectivity index (χ2v) is 7.94. The molecule has 0 aromatic heterocycles. The number of aliphatic hydroxyl groups excluding tert-OH is 1. The van der Waals surface area contributed by atoms with Gasteiger partial charge in [-0.2, -0.15) is 5.10 Å². The van der Waals surface area contributed by atoms with Crippen molar-refractivity contribution in [3.05, 3.63) is 107 Å². The van der Waals surface area contributed by atoms with E-state index in [0.717, 1.165) is 35.4 Å². The Balaban J connectivity index is 1.66. The van der Waals surface area contributed by atoms with E-state index in [1.54, 1.807) is 24.3 Å². The fourth-order valence-corrected chi connectivity index (χ4v) is 3.30. The molecule has 3 aromatic carbocycles. The third-order valence-electron chi connectivity index (χ3n) is 5.44. The fraction of sp³-hybridized carbons (Fsp3) is 0.143. The van der Waals surface area contributed by atoms with E-state index in [4.69, 9.17) is 5.73 Å². The van der Waals surface area contributed by atoms with Crippen LogP contribution in [0.4, 0.5) is 11.4 Å². The van der Waals surface area contributed by atoms with Crippen LogP contribution in [0.2, 0.25) is 0 Å². The summed E-state index contributed by atoms with van der Waals surface area (Å²) in [6.07, 6.45) is 4.64. The van der Waals surface area contributed by atoms with E-state index in [1.165, 1.54) is 16.1 Å². The maximum Gasteiger partial charge on any atom is 0.234 e. The lowest BCUT2D eigenvalue weighted by Gasteiger charge is -2.13. The molecule has 0 heterocycles. The number of hydrogen-bond acceptors (Lipinski definition) is 4. The highest BCUT2D eigenvalue weighted by atomic mass is 16.3. The first-order valence-electron chi connectivity index (χ1n) is 10.8. The van der Waals surface area contributed by atoms with E-state index in [0.29, 0.717) is 17.7 Å². The molecule has 3 rings (SSSR count). The molecule has 1 amide bonds. The summed E-state index contributed by atoms with van der Waals surface area (Å²) in [6, 6.07) is 23.3. The van der Waals surface area contributed by atoms with Gasteiger partial charge in [0, 0.05) is 11.3 Å². The molecule has 0 atom stereocenters. The normalized spacial score (nSPS) is 11.8. The van der Waals surface area contributed by atoms with Gasteiger partial charge in [-0.25, -0.2) is 5.01 Å². The maximum absolute atomic E-state index is 11.6. The highest BCUT2D eigenvalue weighted by Gasteiger charge is 2.07. The minimum Gasteiger partial charge on any atom is -0.508 e. The summed E-state index contributed by atoms with van der Waals surface area (Å²) in [6.45, 7) is 7.33. The number of aryl methyl sites for hydroxylation is 2. The van der Waals surface area contributed by atoms with Crippen LogP contribution in [-0.2, 0) is 17.6 Å². The first-order chi connectivity index (χ1) is 15.9. The quantitative estimate of drug-likeness (QED) is 0.141. The number of anilines is 2. The van der Waals surface area contributed by atoms with E-state index in [1.807, 2.05) is 32.1 Å². The number of allylic oxidation sites excluding steroid dienone is 1. The lowest BCUT2D eigenvalue weighted by molar-refractivity contribution is -0.107. The van der Waals surface area contributed by atoms with Crippen LogP contribution in [0.5, 0.6) is 0 Å². The van der Waals surface area contributed by atoms with Gasteiger partial charge < -0.3 is 10.8 Å². The maximum atomic E-state index is 11.6. The van der Waals surface area contributed by atoms with Crippen molar-refractivity contribution in [2.24, 2.45) is 5.10 Å². The Morgan fingerprint density at radius 1 is 0.939 bits per heavy atom. The van der Waals surface area contributed by atoms with Gasteiger partial charge in [-0.15, -0.1) is 0 Å². The lowest BCUT2D eigenvalue weighted by atomic mass is 10.0. The van der Waals surface area contributed by atoms with Crippen LogP contribution in [0.3, 0.4) is 0 Å². The number of aliphatic hydroxyl groups is 1. The van der Waals surface area contributed by atoms with Crippen LogP contribution in [0.1, 0.15) is 36.1 Å². The fourth-order valence-electron chi connectivity index (χ4n) is 3.30. The Morgan fingerprint density at radius 2 is 1.48 bits per heavy atom. The van der Waals surface area contributed by atoms with Gasteiger partial charge >= 0.3 is 0 Å². The number of benzene rings is 3. The Bertz CT molecular complexity index is 1160. The molecule has 0 saturated carbocycles. The van der Waals surface area contributed by atoms with Gasteiger partial charge in [0.05, 0.1) is 11.4 Å². The van der Waals surface area contributed by atoms with Crippen LogP contribution in [0, 0.1) is 0 Å². The second-order valence-electron chi connectivity index (χ2n) is 7.94. The first kappa shape index (κ1) is 23.5. The summed E-state index contributed by atoms with van der Waals surface area (Å²) in [5, 5.41) is 15.2. The van der Waals surface area contributed by atoms with Gasteiger partial charge in [0.15, 0.2) is 0 Å². The molecule has 3 aromatic rings. The summed E-state index contributed by atoms with van der Waals surface area (Å²) in [5.41, 5.74) is 13.0. The standard InChI is InChI=1S/C28H29N3O2/c1-20(21(2)30-31(19-32)28-16-12-26(13-17-28)22(3)33)18-25-8-6-23(7-9-25)4-5-24-10-14-27(29)15-11-24/h6-19,33H,3-5,29H2,1-2H3/b20-18+,30-21-. The van der Waals surface area contributed by atoms with Crippen molar-refractivity contribution in [3.63, 3.8) is 0 Å². The zero-order chi connectivity index (χ0) is 23.8. The Labute approximate surface area is 195 Å². The molecule has 0 bridgehead atoms. The van der Waals surface area contributed by atoms with Crippen LogP contribution in [0.15, 0.2) is 90.0 Å². The van der Waals surface area contributed by atoms with Crippen molar-refractivity contribution in [2.75, 3.05) is 10.7 Å². The summed E-state index contributed by atoms with van der Waals surface area (Å²) >= 11 is 0. The first-order valence-corrected chi connectivity index (χ1v) is 10.8. The molecular formula is C28H29N3O2. The minimum absolute atomic E-state index is 0.0195. The molecule has 0 aliphatic heterocycles. The van der Waals surface area contributed by atoms with Gasteiger partial charge in [-0.3, -0.25) is 4.79 Å². The summed E-state index contributed by atoms with van der Waals surface area (Å²) in [7, 11) is 0. The van der Waals surface area contributed by atoms with Crippen LogP contribution < -0.4 is 10.7 Å². The second kappa shape index (κ2) is 11.0. The third kappa shape index (κ3) is 6.68. The molecule has 0 unspecified atom stereocenters. The molecule has 168 valence electrons. The Kier molecular flexibility index (Phi) is 7.82. The topological polar surface area (TPSA) is 78.9 Å². The van der Waals surface area contributed by atoms with Gasteiger partial charge in [-0.05, 0) is 85.4 Å². The van der Waals surface area contributed by atoms with Crippen molar-refractivity contribution < 1.29 is 9.90 Å². The minimum atomic E-state index is -0.0195. The van der Waals surface area contributed by atoms with Gasteiger partial charge in [0.2, 0.25) is 6.41 Å². The number of amides is 1. The third-order valence-corrected chi connectivity index (χ3v) is 5.44. The van der Waals surface area contributed by atoms with Crippen molar-refractivity contribution in [2.45, 2.75) is 26.7 Å². The average molecular weight is 440 g/mol. The summed E-state index contributed by atoms with van der Waals surface area (Å²) in [4.78, 5) is 11.6. The molecular weight excluding hydrogens is 410 g/mol. The van der Waals surface area contributed by atoms with E-state index in [9.17, 15) is 9.90 Å². The molecule has 0 aliphatic carbocycles. The zero-order valence-corrected chi connectivity index (χ0v) is 19.0. The monoisotopic (exact) mass is 439 g/mol. The number of nitrogen functional groups attached to an aromatic ring is 1. The highest BCUT2D eigenvalue weighted by Crippen LogP contribution is 2.19. The van der Waals surface area contributed by atoms with Gasteiger partial charge in [0.1, 0.15) is 5.76 Å². The molecule has 0 fully saturated rings. The Hall–Kier alpha value is -4.12. The van der Waals surface area contributed by atoms with E-state index >= 15 is 0 Å². The lowest BCUT2D eigenvalue weighted by Crippen LogP contribution is -2.16. The molecule has 0 radical (unpaired) electrons. The predicted octanol–water partition coefficient (Wildman–Crippen LogP) is 6.02. The number of carbonyl (C=O) groups excluding carboxylic acids is 1. The summed E-state index contributed by atoms with van der Waals surface area (Å²) in [5.74, 6) is -0.0195. The number of nitrogens with two attached hydrogens (primary N) is 1. The molecule has 0 saturated heterocycles. The van der Waals surface area contributed by atoms with Crippen molar-refractivity contribution >= 4 is 35.3 Å². The van der Waals surface area contributed by atoms with Gasteiger partial charge in [0.25, 0.3) is 0 Å². The molecule has 0 spiro atoms. The molecule has 5 nitrogen and oxygen atoms in total. The average Bonchev–Trinajstić information content (AvgIpc) is 2.83. The Morgan fingerprint density at radius 3 is 2.00 bits per heavy atom. The zero-order valence-electron chi connectivity index (χ0n) is 19.0. The number of hydrogen-bond donors (Lipinski definition) is 2. The number of nitrogens with zero attached hydrogens (tertiary/aromatic N) is 2. The van der Waals surface area contributed by atoms with Crippen molar-refractivity contribution in [1.82, 2.24) is 0 Å². The highest BCUT2D eigenvalue weighted by molar-refractivity contribution is 6.02. The molecule has 0 aliphatic rings. The molecule has 33 heavy (non-hydrogen) atoms. The van der Waals surface area contributed by atoms with E-state index in [-0.39, 0.29) is 5.76 Å². The predicted molar refractivity (Wildman–Crippen MR) is 138 cm³/mol. The van der Waals surface area contributed by atoms with Gasteiger partial charge in [-0.1, -0.05) is 49.1 Å².